The molecule has 5 heteroatoms. The van der Waals surface area contributed by atoms with Gasteiger partial charge in [-0.05, 0) is 73.8 Å². The summed E-state index contributed by atoms with van der Waals surface area (Å²) in [6, 6.07) is 70.4. The van der Waals surface area contributed by atoms with Crippen molar-refractivity contribution in [1.29, 1.82) is 5.26 Å². The molecule has 1 aromatic heterocycles. The third-order valence-electron chi connectivity index (χ3n) is 11.5. The predicted octanol–water partition coefficient (Wildman–Crippen LogP) is 12.9. The third-order valence-corrected chi connectivity index (χ3v) is 12.7. The van der Waals surface area contributed by atoms with Crippen LogP contribution >= 0.6 is 11.8 Å². The van der Waals surface area contributed by atoms with Gasteiger partial charge in [0.1, 0.15) is 0 Å². The Hall–Kier alpha value is -7.39. The summed E-state index contributed by atoms with van der Waals surface area (Å²) in [7, 11) is 0. The van der Waals surface area contributed by atoms with Gasteiger partial charge in [-0.25, -0.2) is 15.0 Å². The molecule has 1 aliphatic carbocycles. The third kappa shape index (κ3) is 5.27. The maximum atomic E-state index is 9.31. The molecule has 0 amide bonds. The number of benzene rings is 8. The first-order valence-electron chi connectivity index (χ1n) is 19.3. The second-order valence-corrected chi connectivity index (χ2v) is 15.7. The van der Waals surface area contributed by atoms with Crippen LogP contribution in [0.25, 0.3) is 67.5 Å². The molecule has 9 aromatic rings. The SMILES string of the molecule is N#Cc1ccc(-c2ccc(-c3cccc4c3-c3ccccc3C43c4ccccc4Sc4c(-c5nc(-c6ccccc6)nc(-c6ccccc6)n5)cccc43)cc2)cc1. The van der Waals surface area contributed by atoms with E-state index in [4.69, 9.17) is 15.0 Å². The molecule has 4 nitrogen and oxygen atoms in total. The summed E-state index contributed by atoms with van der Waals surface area (Å²) in [6.45, 7) is 0. The summed E-state index contributed by atoms with van der Waals surface area (Å²) in [5.74, 6) is 1.93. The van der Waals surface area contributed by atoms with Crippen LogP contribution in [0, 0.1) is 11.3 Å². The van der Waals surface area contributed by atoms with Crippen LogP contribution in [-0.4, -0.2) is 15.0 Å². The Morgan fingerprint density at radius 3 is 1.55 bits per heavy atom. The molecule has 0 saturated heterocycles. The highest BCUT2D eigenvalue weighted by Crippen LogP contribution is 2.64. The zero-order chi connectivity index (χ0) is 38.6. The van der Waals surface area contributed by atoms with E-state index in [0.29, 0.717) is 23.0 Å². The predicted molar refractivity (Wildman–Crippen MR) is 233 cm³/mol. The van der Waals surface area contributed by atoms with Gasteiger partial charge in [-0.3, -0.25) is 0 Å². The van der Waals surface area contributed by atoms with E-state index in [1.54, 1.807) is 11.8 Å². The Kier molecular flexibility index (Phi) is 7.99. The largest absolute Gasteiger partial charge is 0.208 e. The molecule has 0 fully saturated rings. The summed E-state index contributed by atoms with van der Waals surface area (Å²) >= 11 is 1.80. The Balaban J connectivity index is 1.14. The van der Waals surface area contributed by atoms with Gasteiger partial charge in [0.15, 0.2) is 17.5 Å². The summed E-state index contributed by atoms with van der Waals surface area (Å²) in [6.07, 6.45) is 0. The topological polar surface area (TPSA) is 62.5 Å². The fourth-order valence-electron chi connectivity index (χ4n) is 8.90. The molecule has 8 aromatic carbocycles. The van der Waals surface area contributed by atoms with E-state index in [0.717, 1.165) is 38.3 Å². The molecule has 1 aliphatic heterocycles. The molecule has 2 heterocycles. The average Bonchev–Trinajstić information content (AvgIpc) is 3.60. The summed E-state index contributed by atoms with van der Waals surface area (Å²) < 4.78 is 0. The molecule has 0 saturated carbocycles. The molecular weight excluding hydrogens is 725 g/mol. The Labute approximate surface area is 341 Å². The standard InChI is InChI=1S/C53H32N4S/c54-33-34-25-27-35(28-26-34)36-29-31-37(32-30-36)40-18-11-22-45-48(40)41-17-7-8-20-43(41)53(45)44-21-9-10-24-47(44)58-49-42(19-12-23-46(49)53)52-56-50(38-13-3-1-4-14-38)55-51(57-52)39-15-5-2-6-16-39/h1-32H. The van der Waals surface area contributed by atoms with Crippen molar-refractivity contribution in [3.63, 3.8) is 0 Å². The quantitative estimate of drug-likeness (QED) is 0.175. The van der Waals surface area contributed by atoms with E-state index in [-0.39, 0.29) is 0 Å². The van der Waals surface area contributed by atoms with E-state index in [1.165, 1.54) is 43.8 Å². The maximum absolute atomic E-state index is 9.31. The molecule has 11 rings (SSSR count). The molecular formula is C53H32N4S. The normalized spacial score (nSPS) is 14.5. The van der Waals surface area contributed by atoms with Gasteiger partial charge in [0.25, 0.3) is 0 Å². The maximum Gasteiger partial charge on any atom is 0.165 e. The highest BCUT2D eigenvalue weighted by atomic mass is 32.2. The van der Waals surface area contributed by atoms with Crippen LogP contribution in [0.4, 0.5) is 0 Å². The van der Waals surface area contributed by atoms with Crippen molar-refractivity contribution >= 4 is 11.8 Å². The van der Waals surface area contributed by atoms with Crippen LogP contribution in [0.3, 0.4) is 0 Å². The van der Waals surface area contributed by atoms with Crippen molar-refractivity contribution in [2.24, 2.45) is 0 Å². The minimum absolute atomic E-state index is 0.588. The zero-order valence-corrected chi connectivity index (χ0v) is 32.0. The minimum atomic E-state index is -0.588. The molecule has 0 bridgehead atoms. The van der Waals surface area contributed by atoms with Crippen molar-refractivity contribution in [3.05, 3.63) is 222 Å². The van der Waals surface area contributed by atoms with Crippen molar-refractivity contribution < 1.29 is 0 Å². The van der Waals surface area contributed by atoms with Crippen LogP contribution in [0.15, 0.2) is 204 Å². The molecule has 0 N–H and O–H groups in total. The summed E-state index contributed by atoms with van der Waals surface area (Å²) in [5.41, 5.74) is 15.0. The number of nitriles is 1. The van der Waals surface area contributed by atoms with Crippen LogP contribution in [-0.2, 0) is 5.41 Å². The van der Waals surface area contributed by atoms with Gasteiger partial charge in [-0.2, -0.15) is 5.26 Å². The van der Waals surface area contributed by atoms with Crippen LogP contribution in [0.1, 0.15) is 27.8 Å². The Morgan fingerprint density at radius 2 is 0.879 bits per heavy atom. The van der Waals surface area contributed by atoms with E-state index in [1.807, 2.05) is 60.7 Å². The average molecular weight is 757 g/mol. The smallest absolute Gasteiger partial charge is 0.165 e. The van der Waals surface area contributed by atoms with Crippen LogP contribution in [0.2, 0.25) is 0 Å². The fourth-order valence-corrected chi connectivity index (χ4v) is 10.2. The molecule has 1 atom stereocenters. The lowest BCUT2D eigenvalue weighted by Crippen LogP contribution is -2.32. The number of rotatable bonds is 5. The monoisotopic (exact) mass is 756 g/mol. The second-order valence-electron chi connectivity index (χ2n) is 14.6. The van der Waals surface area contributed by atoms with Crippen LogP contribution < -0.4 is 0 Å². The number of fused-ring (bicyclic) bond motifs is 9. The highest BCUT2D eigenvalue weighted by Gasteiger charge is 2.51. The first kappa shape index (κ1) is 33.9. The second kappa shape index (κ2) is 13.7. The molecule has 270 valence electrons. The van der Waals surface area contributed by atoms with Gasteiger partial charge in [-0.15, -0.1) is 0 Å². The van der Waals surface area contributed by atoms with Gasteiger partial charge >= 0.3 is 0 Å². The first-order chi connectivity index (χ1) is 28.7. The molecule has 58 heavy (non-hydrogen) atoms. The Morgan fingerprint density at radius 1 is 0.379 bits per heavy atom. The van der Waals surface area contributed by atoms with E-state index >= 15 is 0 Å². The van der Waals surface area contributed by atoms with E-state index in [9.17, 15) is 5.26 Å². The van der Waals surface area contributed by atoms with E-state index < -0.39 is 5.41 Å². The van der Waals surface area contributed by atoms with Gasteiger partial charge in [0, 0.05) is 26.5 Å². The number of aromatic nitrogens is 3. The zero-order valence-electron chi connectivity index (χ0n) is 31.2. The fraction of sp³-hybridized carbons (Fsp3) is 0.0189. The van der Waals surface area contributed by atoms with Gasteiger partial charge < -0.3 is 0 Å². The van der Waals surface area contributed by atoms with Crippen molar-refractivity contribution in [2.75, 3.05) is 0 Å². The number of nitrogens with zero attached hydrogens (tertiary/aromatic N) is 4. The number of hydrogen-bond acceptors (Lipinski definition) is 5. The van der Waals surface area contributed by atoms with Gasteiger partial charge in [0.2, 0.25) is 0 Å². The summed E-state index contributed by atoms with van der Waals surface area (Å²) in [4.78, 5) is 17.8. The van der Waals surface area contributed by atoms with Crippen molar-refractivity contribution in [2.45, 2.75) is 15.2 Å². The van der Waals surface area contributed by atoms with E-state index in [2.05, 4.69) is 140 Å². The Bertz CT molecular complexity index is 3020. The van der Waals surface area contributed by atoms with Crippen molar-refractivity contribution in [1.82, 2.24) is 15.0 Å². The van der Waals surface area contributed by atoms with Gasteiger partial charge in [-0.1, -0.05) is 188 Å². The first-order valence-corrected chi connectivity index (χ1v) is 20.1. The highest BCUT2D eigenvalue weighted by molar-refractivity contribution is 7.99. The molecule has 1 unspecified atom stereocenters. The lowest BCUT2D eigenvalue weighted by atomic mass is 9.67. The summed E-state index contributed by atoms with van der Waals surface area (Å²) in [5, 5.41) is 9.31. The van der Waals surface area contributed by atoms with Gasteiger partial charge in [0.05, 0.1) is 17.0 Å². The minimum Gasteiger partial charge on any atom is -0.208 e. The molecule has 0 radical (unpaired) electrons. The number of hydrogen-bond donors (Lipinski definition) is 0. The van der Waals surface area contributed by atoms with Crippen molar-refractivity contribution in [3.8, 4) is 73.6 Å². The lowest BCUT2D eigenvalue weighted by molar-refractivity contribution is 0.723. The van der Waals surface area contributed by atoms with Crippen LogP contribution in [0.5, 0.6) is 0 Å². The molecule has 1 spiro atoms. The molecule has 2 aliphatic rings. The lowest BCUT2D eigenvalue weighted by Gasteiger charge is -2.40.